The number of hydrogen-bond acceptors (Lipinski definition) is 8. The summed E-state index contributed by atoms with van der Waals surface area (Å²) in [6.07, 6.45) is -9.29. The molecule has 11 nitrogen and oxygen atoms in total. The van der Waals surface area contributed by atoms with Crippen LogP contribution in [0.5, 0.6) is 11.5 Å². The van der Waals surface area contributed by atoms with E-state index in [0.29, 0.717) is 5.56 Å². The van der Waals surface area contributed by atoms with Crippen molar-refractivity contribution in [3.63, 3.8) is 0 Å². The van der Waals surface area contributed by atoms with E-state index in [1.807, 2.05) is 0 Å². The van der Waals surface area contributed by atoms with Crippen molar-refractivity contribution < 1.29 is 58.6 Å². The van der Waals surface area contributed by atoms with Gasteiger partial charge in [0.15, 0.2) is 16.4 Å². The summed E-state index contributed by atoms with van der Waals surface area (Å²) in [5.74, 6) is -2.98. The molecule has 3 aliphatic rings. The quantitative estimate of drug-likeness (QED) is 0.337. The molecule has 0 aliphatic carbocycles. The number of aryl methyl sites for hydroxylation is 1. The van der Waals surface area contributed by atoms with E-state index in [1.54, 1.807) is 0 Å². The smallest absolute Gasteiger partial charge is 0.493 e. The largest absolute Gasteiger partial charge is 0.522 e. The van der Waals surface area contributed by atoms with Crippen molar-refractivity contribution in [2.24, 2.45) is 5.92 Å². The van der Waals surface area contributed by atoms with Gasteiger partial charge in [0.1, 0.15) is 22.9 Å². The van der Waals surface area contributed by atoms with Gasteiger partial charge in [-0.3, -0.25) is 14.3 Å². The van der Waals surface area contributed by atoms with Gasteiger partial charge < -0.3 is 20.1 Å². The van der Waals surface area contributed by atoms with Crippen LogP contribution in [0.3, 0.4) is 0 Å². The van der Waals surface area contributed by atoms with E-state index in [1.165, 1.54) is 22.9 Å². The summed E-state index contributed by atoms with van der Waals surface area (Å²) in [4.78, 5) is 26.3. The van der Waals surface area contributed by atoms with Gasteiger partial charge in [-0.2, -0.15) is 18.3 Å². The van der Waals surface area contributed by atoms with Gasteiger partial charge in [0, 0.05) is 31.0 Å². The number of benzene rings is 1. The summed E-state index contributed by atoms with van der Waals surface area (Å²) in [7, 11) is -3.35. The first-order valence-electron chi connectivity index (χ1n) is 12.7. The zero-order valence-corrected chi connectivity index (χ0v) is 22.4. The van der Waals surface area contributed by atoms with Gasteiger partial charge in [-0.15, -0.1) is 13.2 Å². The van der Waals surface area contributed by atoms with Crippen molar-refractivity contribution in [1.82, 2.24) is 15.1 Å². The Kier molecular flexibility index (Phi) is 7.57. The summed E-state index contributed by atoms with van der Waals surface area (Å²) >= 11 is 0. The molecular formula is C24H24F6N4O7S. The lowest BCUT2D eigenvalue weighted by Gasteiger charge is -2.41. The number of nitrogens with zero attached hydrogens (tertiary/aromatic N) is 2. The number of rotatable bonds is 8. The number of anilines is 1. The Labute approximate surface area is 234 Å². The molecule has 2 amide bonds. The van der Waals surface area contributed by atoms with Crippen molar-refractivity contribution in [1.29, 1.82) is 0 Å². The lowest BCUT2D eigenvalue weighted by atomic mass is 9.77. The molecule has 1 aromatic heterocycles. The third-order valence-corrected chi connectivity index (χ3v) is 8.85. The monoisotopic (exact) mass is 626 g/mol. The van der Waals surface area contributed by atoms with E-state index in [9.17, 15) is 44.3 Å². The number of halogens is 6. The fourth-order valence-corrected chi connectivity index (χ4v) is 6.60. The zero-order valence-electron chi connectivity index (χ0n) is 21.6. The minimum Gasteiger partial charge on any atom is -0.493 e. The van der Waals surface area contributed by atoms with Crippen LogP contribution in [-0.2, 0) is 37.9 Å². The van der Waals surface area contributed by atoms with E-state index >= 15 is 0 Å². The molecule has 230 valence electrons. The Bertz CT molecular complexity index is 1500. The van der Waals surface area contributed by atoms with E-state index in [0.717, 1.165) is 0 Å². The van der Waals surface area contributed by atoms with Crippen LogP contribution >= 0.6 is 0 Å². The molecule has 0 unspecified atom stereocenters. The highest BCUT2D eigenvalue weighted by molar-refractivity contribution is 7.92. The number of carbonyl (C=O) groups is 2. The molecular weight excluding hydrogens is 602 g/mol. The fraction of sp³-hybridized carbons (Fsp3) is 0.542. The molecule has 42 heavy (non-hydrogen) atoms. The Morgan fingerprint density at radius 3 is 2.62 bits per heavy atom. The Morgan fingerprint density at radius 2 is 1.95 bits per heavy atom. The molecule has 4 heterocycles. The molecule has 0 radical (unpaired) electrons. The summed E-state index contributed by atoms with van der Waals surface area (Å²) in [5.41, 5.74) is -0.476. The number of fused-ring (bicyclic) bond motifs is 3. The first-order valence-corrected chi connectivity index (χ1v) is 14.5. The molecule has 1 atom stereocenters. The number of carbonyl (C=O) groups excluding carboxylic acids is 2. The van der Waals surface area contributed by atoms with Gasteiger partial charge in [0.2, 0.25) is 5.91 Å². The molecule has 0 bridgehead atoms. The third-order valence-electron chi connectivity index (χ3n) is 7.03. The molecule has 5 rings (SSSR count). The summed E-state index contributed by atoms with van der Waals surface area (Å²) in [6, 6.07) is 4.05. The molecule has 2 N–H and O–H groups in total. The number of ether oxygens (including phenoxy) is 3. The maximum Gasteiger partial charge on any atom is 0.522 e. The molecule has 3 aliphatic heterocycles. The highest BCUT2D eigenvalue weighted by Crippen LogP contribution is 2.44. The predicted molar refractivity (Wildman–Crippen MR) is 131 cm³/mol. The van der Waals surface area contributed by atoms with Crippen LogP contribution < -0.4 is 20.1 Å². The van der Waals surface area contributed by atoms with Gasteiger partial charge in [-0.1, -0.05) is 0 Å². The lowest BCUT2D eigenvalue weighted by Crippen LogP contribution is -2.53. The van der Waals surface area contributed by atoms with Crippen LogP contribution in [0, 0.1) is 5.92 Å². The second-order valence-electron chi connectivity index (χ2n) is 10.2. The van der Waals surface area contributed by atoms with Crippen LogP contribution in [0.4, 0.5) is 32.2 Å². The van der Waals surface area contributed by atoms with Crippen LogP contribution in [0.15, 0.2) is 18.2 Å². The topological polar surface area (TPSA) is 138 Å². The maximum absolute atomic E-state index is 13.5. The van der Waals surface area contributed by atoms with Crippen molar-refractivity contribution >= 4 is 27.5 Å². The van der Waals surface area contributed by atoms with Crippen molar-refractivity contribution in [2.75, 3.05) is 36.6 Å². The standard InChI is InChI=1S/C24H24F6N4O7S/c25-23(26,27)12-40-14-2-3-15-17(8-14)39-7-4-22(15)9-16-18(21(36)32-22)19(31-20(35)13-10-42(37,38)11-13)34(33-16)5-1-6-41-24(28,29)30/h2-3,8,13H,1,4-7,9-12H2,(H,31,35)(H,32,36)/t22-/m1/s1. The maximum atomic E-state index is 13.5. The predicted octanol–water partition coefficient (Wildman–Crippen LogP) is 2.70. The first-order chi connectivity index (χ1) is 19.5. The van der Waals surface area contributed by atoms with Crippen LogP contribution in [-0.4, -0.2) is 73.9 Å². The fourth-order valence-electron chi connectivity index (χ4n) is 5.16. The SMILES string of the molecule is O=C1N[C@]2(CCOc3cc(OCC(F)(F)F)ccc32)Cc2nn(CCCOC(F)(F)F)c(NC(=O)C3CS(=O)(=O)C3)c21. The second-order valence-corrected chi connectivity index (χ2v) is 12.3. The lowest BCUT2D eigenvalue weighted by molar-refractivity contribution is -0.324. The average Bonchev–Trinajstić information content (AvgIpc) is 3.19. The number of alkyl halides is 6. The average molecular weight is 627 g/mol. The molecule has 0 saturated carbocycles. The van der Waals surface area contributed by atoms with Crippen LogP contribution in [0.2, 0.25) is 0 Å². The van der Waals surface area contributed by atoms with E-state index in [4.69, 9.17) is 9.47 Å². The van der Waals surface area contributed by atoms with Gasteiger partial charge in [0.25, 0.3) is 5.91 Å². The van der Waals surface area contributed by atoms with E-state index in [-0.39, 0.29) is 72.5 Å². The molecule has 1 saturated heterocycles. The Morgan fingerprint density at radius 1 is 1.21 bits per heavy atom. The zero-order chi connectivity index (χ0) is 30.5. The van der Waals surface area contributed by atoms with E-state index in [2.05, 4.69) is 20.5 Å². The Balaban J connectivity index is 1.43. The van der Waals surface area contributed by atoms with Crippen LogP contribution in [0.1, 0.15) is 34.5 Å². The molecule has 2 aromatic rings. The van der Waals surface area contributed by atoms with Gasteiger partial charge in [0.05, 0.1) is 41.9 Å². The van der Waals surface area contributed by atoms with Crippen molar-refractivity contribution in [2.45, 2.75) is 43.9 Å². The molecule has 1 fully saturated rings. The number of aromatic nitrogens is 2. The highest BCUT2D eigenvalue weighted by Gasteiger charge is 2.47. The van der Waals surface area contributed by atoms with Gasteiger partial charge in [-0.25, -0.2) is 13.1 Å². The summed E-state index contributed by atoms with van der Waals surface area (Å²) in [5, 5.41) is 9.83. The number of nitrogens with one attached hydrogen (secondary N) is 2. The number of amides is 2. The molecule has 1 spiro atoms. The second kappa shape index (κ2) is 10.6. The third kappa shape index (κ3) is 6.43. The number of hydrogen-bond donors (Lipinski definition) is 2. The first kappa shape index (κ1) is 29.9. The van der Waals surface area contributed by atoms with E-state index < -0.39 is 58.9 Å². The molecule has 1 aromatic carbocycles. The highest BCUT2D eigenvalue weighted by atomic mass is 32.2. The van der Waals surface area contributed by atoms with Crippen molar-refractivity contribution in [3.05, 3.63) is 35.0 Å². The Hall–Kier alpha value is -3.54. The summed E-state index contributed by atoms with van der Waals surface area (Å²) in [6.45, 7) is -2.33. The number of sulfone groups is 1. The van der Waals surface area contributed by atoms with Gasteiger partial charge >= 0.3 is 12.5 Å². The minimum atomic E-state index is -4.85. The summed E-state index contributed by atoms with van der Waals surface area (Å²) < 4.78 is 114. The molecule has 18 heteroatoms. The van der Waals surface area contributed by atoms with Crippen LogP contribution in [0.25, 0.3) is 0 Å². The normalized spacial score (nSPS) is 21.5. The van der Waals surface area contributed by atoms with Crippen molar-refractivity contribution in [3.8, 4) is 11.5 Å². The van der Waals surface area contributed by atoms with Gasteiger partial charge in [-0.05, 0) is 18.6 Å². The minimum absolute atomic E-state index is 0.0360.